The van der Waals surface area contributed by atoms with Crippen molar-refractivity contribution in [2.45, 2.75) is 6.92 Å². The van der Waals surface area contributed by atoms with Gasteiger partial charge in [0, 0.05) is 5.39 Å². The highest BCUT2D eigenvalue weighted by Crippen LogP contribution is 2.27. The highest BCUT2D eigenvalue weighted by atomic mass is 35.5. The van der Waals surface area contributed by atoms with E-state index in [-0.39, 0.29) is 0 Å². The zero-order valence-corrected chi connectivity index (χ0v) is 10.3. The van der Waals surface area contributed by atoms with Crippen LogP contribution in [0.25, 0.3) is 16.6 Å². The van der Waals surface area contributed by atoms with Gasteiger partial charge < -0.3 is 0 Å². The zero-order valence-electron chi connectivity index (χ0n) is 9.56. The second-order valence-corrected chi connectivity index (χ2v) is 4.38. The van der Waals surface area contributed by atoms with Crippen LogP contribution in [-0.4, -0.2) is 14.8 Å². The van der Waals surface area contributed by atoms with Crippen molar-refractivity contribution < 1.29 is 4.39 Å². The largest absolute Gasteiger partial charge is 0.230 e. The SMILES string of the molecule is Cc1nn(-c2ccc(F)nc2)c2c(Cl)cccc12. The van der Waals surface area contributed by atoms with Crippen LogP contribution >= 0.6 is 11.6 Å². The van der Waals surface area contributed by atoms with E-state index < -0.39 is 5.95 Å². The molecular weight excluding hydrogens is 253 g/mol. The number of fused-ring (bicyclic) bond motifs is 1. The molecule has 18 heavy (non-hydrogen) atoms. The van der Waals surface area contributed by atoms with Crippen LogP contribution in [0.15, 0.2) is 36.5 Å². The third kappa shape index (κ3) is 1.66. The molecule has 0 unspecified atom stereocenters. The normalized spacial score (nSPS) is 11.1. The summed E-state index contributed by atoms with van der Waals surface area (Å²) in [4.78, 5) is 3.63. The van der Waals surface area contributed by atoms with Crippen molar-refractivity contribution in [1.29, 1.82) is 0 Å². The molecule has 90 valence electrons. The van der Waals surface area contributed by atoms with Gasteiger partial charge in [-0.15, -0.1) is 0 Å². The van der Waals surface area contributed by atoms with E-state index in [0.717, 1.165) is 16.6 Å². The summed E-state index contributed by atoms with van der Waals surface area (Å²) in [5.41, 5.74) is 2.37. The average Bonchev–Trinajstić information content (AvgIpc) is 2.70. The molecule has 3 aromatic rings. The van der Waals surface area contributed by atoms with Crippen molar-refractivity contribution >= 4 is 22.5 Å². The molecule has 0 saturated carbocycles. The summed E-state index contributed by atoms with van der Waals surface area (Å²) in [5.74, 6) is -0.516. The lowest BCUT2D eigenvalue weighted by molar-refractivity contribution is 0.582. The molecule has 3 rings (SSSR count). The van der Waals surface area contributed by atoms with Crippen LogP contribution in [0.2, 0.25) is 5.02 Å². The Bertz CT molecular complexity index is 719. The fraction of sp³-hybridized carbons (Fsp3) is 0.0769. The summed E-state index contributed by atoms with van der Waals surface area (Å²) in [6.07, 6.45) is 1.44. The number of benzene rings is 1. The molecule has 1 aromatic carbocycles. The van der Waals surface area contributed by atoms with Gasteiger partial charge in [-0.05, 0) is 25.1 Å². The van der Waals surface area contributed by atoms with Gasteiger partial charge in [0.25, 0.3) is 0 Å². The number of hydrogen-bond acceptors (Lipinski definition) is 2. The highest BCUT2D eigenvalue weighted by molar-refractivity contribution is 6.35. The van der Waals surface area contributed by atoms with Crippen LogP contribution in [0.1, 0.15) is 5.69 Å². The molecule has 0 aliphatic heterocycles. The van der Waals surface area contributed by atoms with E-state index in [1.165, 1.54) is 12.3 Å². The smallest absolute Gasteiger partial charge is 0.212 e. The van der Waals surface area contributed by atoms with Gasteiger partial charge in [0.1, 0.15) is 0 Å². The van der Waals surface area contributed by atoms with Crippen LogP contribution in [0.4, 0.5) is 4.39 Å². The molecule has 0 spiro atoms. The van der Waals surface area contributed by atoms with Crippen molar-refractivity contribution in [3.05, 3.63) is 53.2 Å². The minimum absolute atomic E-state index is 0.516. The van der Waals surface area contributed by atoms with E-state index >= 15 is 0 Å². The predicted molar refractivity (Wildman–Crippen MR) is 68.6 cm³/mol. The first-order valence-electron chi connectivity index (χ1n) is 5.42. The van der Waals surface area contributed by atoms with Gasteiger partial charge >= 0.3 is 0 Å². The predicted octanol–water partition coefficient (Wildman–Crippen LogP) is 3.52. The molecule has 0 fully saturated rings. The Morgan fingerprint density at radius 1 is 1.22 bits per heavy atom. The second-order valence-electron chi connectivity index (χ2n) is 3.97. The van der Waals surface area contributed by atoms with Gasteiger partial charge in [0.05, 0.1) is 28.1 Å². The summed E-state index contributed by atoms with van der Waals surface area (Å²) in [5, 5.41) is 6.01. The van der Waals surface area contributed by atoms with E-state index in [4.69, 9.17) is 11.6 Å². The highest BCUT2D eigenvalue weighted by Gasteiger charge is 2.11. The second kappa shape index (κ2) is 4.07. The summed E-state index contributed by atoms with van der Waals surface area (Å²) in [7, 11) is 0. The average molecular weight is 262 g/mol. The van der Waals surface area contributed by atoms with Crippen molar-refractivity contribution in [2.24, 2.45) is 0 Å². The van der Waals surface area contributed by atoms with E-state index in [2.05, 4.69) is 10.1 Å². The summed E-state index contributed by atoms with van der Waals surface area (Å²) >= 11 is 6.20. The Morgan fingerprint density at radius 2 is 2.06 bits per heavy atom. The van der Waals surface area contributed by atoms with E-state index in [9.17, 15) is 4.39 Å². The standard InChI is InChI=1S/C13H9ClFN3/c1-8-10-3-2-4-11(14)13(10)18(17-8)9-5-6-12(15)16-7-9/h2-7H,1H3. The first-order chi connectivity index (χ1) is 8.66. The third-order valence-corrected chi connectivity index (χ3v) is 3.10. The molecule has 0 bridgehead atoms. The molecule has 0 radical (unpaired) electrons. The topological polar surface area (TPSA) is 30.7 Å². The Balaban J connectivity index is 2.32. The van der Waals surface area contributed by atoms with Gasteiger partial charge in [0.2, 0.25) is 5.95 Å². The first kappa shape index (κ1) is 11.2. The first-order valence-corrected chi connectivity index (χ1v) is 5.80. The fourth-order valence-electron chi connectivity index (χ4n) is 1.96. The van der Waals surface area contributed by atoms with Crippen LogP contribution in [0.3, 0.4) is 0 Å². The number of pyridine rings is 1. The van der Waals surface area contributed by atoms with Crippen molar-refractivity contribution in [3.8, 4) is 5.69 Å². The van der Waals surface area contributed by atoms with E-state index in [1.807, 2.05) is 19.1 Å². The van der Waals surface area contributed by atoms with Gasteiger partial charge in [-0.2, -0.15) is 9.49 Å². The van der Waals surface area contributed by atoms with E-state index in [1.54, 1.807) is 16.8 Å². The van der Waals surface area contributed by atoms with Crippen LogP contribution in [0.5, 0.6) is 0 Å². The molecule has 2 heterocycles. The molecule has 3 nitrogen and oxygen atoms in total. The Kier molecular flexibility index (Phi) is 2.52. The van der Waals surface area contributed by atoms with Gasteiger partial charge in [-0.3, -0.25) is 0 Å². The molecular formula is C13H9ClFN3. The quantitative estimate of drug-likeness (QED) is 0.628. The molecule has 5 heteroatoms. The van der Waals surface area contributed by atoms with Gasteiger partial charge in [0.15, 0.2) is 0 Å². The minimum atomic E-state index is -0.516. The monoisotopic (exact) mass is 261 g/mol. The number of aromatic nitrogens is 3. The van der Waals surface area contributed by atoms with Crippen molar-refractivity contribution in [3.63, 3.8) is 0 Å². The van der Waals surface area contributed by atoms with Gasteiger partial charge in [-0.25, -0.2) is 9.67 Å². The molecule has 0 amide bonds. The molecule has 0 aliphatic rings. The number of para-hydroxylation sites is 1. The Hall–Kier alpha value is -1.94. The Morgan fingerprint density at radius 3 is 2.78 bits per heavy atom. The number of hydrogen-bond donors (Lipinski definition) is 0. The number of halogens is 2. The summed E-state index contributed by atoms with van der Waals surface area (Å²) in [6, 6.07) is 8.56. The molecule has 0 aliphatic carbocycles. The maximum atomic E-state index is 12.8. The fourth-order valence-corrected chi connectivity index (χ4v) is 2.21. The van der Waals surface area contributed by atoms with Crippen LogP contribution in [0, 0.1) is 12.9 Å². The summed E-state index contributed by atoms with van der Waals surface area (Å²) < 4.78 is 14.5. The molecule has 0 N–H and O–H groups in total. The number of rotatable bonds is 1. The van der Waals surface area contributed by atoms with Crippen LogP contribution < -0.4 is 0 Å². The zero-order chi connectivity index (χ0) is 12.7. The summed E-state index contributed by atoms with van der Waals surface area (Å²) in [6.45, 7) is 1.91. The number of aryl methyl sites for hydroxylation is 1. The lowest BCUT2D eigenvalue weighted by atomic mass is 10.2. The molecule has 0 atom stereocenters. The minimum Gasteiger partial charge on any atom is -0.230 e. The molecule has 2 aromatic heterocycles. The molecule has 0 saturated heterocycles. The third-order valence-electron chi connectivity index (χ3n) is 2.79. The van der Waals surface area contributed by atoms with Crippen LogP contribution in [-0.2, 0) is 0 Å². The lowest BCUT2D eigenvalue weighted by Gasteiger charge is -2.03. The van der Waals surface area contributed by atoms with E-state index in [0.29, 0.717) is 10.7 Å². The number of nitrogens with zero attached hydrogens (tertiary/aromatic N) is 3. The van der Waals surface area contributed by atoms with Gasteiger partial charge in [-0.1, -0.05) is 23.7 Å². The maximum Gasteiger partial charge on any atom is 0.212 e. The lowest BCUT2D eigenvalue weighted by Crippen LogP contribution is -1.98. The Labute approximate surface area is 108 Å². The van der Waals surface area contributed by atoms with Crippen molar-refractivity contribution in [2.75, 3.05) is 0 Å². The van der Waals surface area contributed by atoms with Crippen molar-refractivity contribution in [1.82, 2.24) is 14.8 Å². The maximum absolute atomic E-state index is 12.8.